The lowest BCUT2D eigenvalue weighted by Gasteiger charge is -2.07. The summed E-state index contributed by atoms with van der Waals surface area (Å²) in [6.45, 7) is 0. The van der Waals surface area contributed by atoms with Crippen LogP contribution in [-0.4, -0.2) is 23.8 Å². The van der Waals surface area contributed by atoms with Crippen LogP contribution in [0.25, 0.3) is 5.69 Å². The van der Waals surface area contributed by atoms with Crippen molar-refractivity contribution in [1.82, 2.24) is 9.99 Å². The van der Waals surface area contributed by atoms with Gasteiger partial charge in [0.15, 0.2) is 0 Å². The number of nitrogens with zero attached hydrogens (tertiary/aromatic N) is 2. The van der Waals surface area contributed by atoms with Crippen LogP contribution in [-0.2, 0) is 0 Å². The number of aromatic nitrogens is 1. The molecule has 3 aromatic rings. The Morgan fingerprint density at radius 3 is 2.73 bits per heavy atom. The number of ether oxygens (including phenoxy) is 1. The molecule has 26 heavy (non-hydrogen) atoms. The van der Waals surface area contributed by atoms with Gasteiger partial charge in [-0.2, -0.15) is 5.10 Å². The Kier molecular flexibility index (Phi) is 6.10. The predicted octanol–water partition coefficient (Wildman–Crippen LogP) is 4.62. The molecule has 1 heterocycles. The van der Waals surface area contributed by atoms with Crippen LogP contribution in [0.15, 0.2) is 70.4 Å². The molecule has 5 nitrogen and oxygen atoms in total. The van der Waals surface area contributed by atoms with Crippen molar-refractivity contribution in [2.24, 2.45) is 5.10 Å². The molecule has 1 N–H and O–H groups in total. The minimum Gasteiger partial charge on any atom is -0.496 e. The van der Waals surface area contributed by atoms with Gasteiger partial charge in [0.2, 0.25) is 0 Å². The van der Waals surface area contributed by atoms with Gasteiger partial charge in [-0.25, -0.2) is 5.43 Å². The molecule has 1 aromatic heterocycles. The molecule has 0 aliphatic rings. The minimum atomic E-state index is -0.294. The Hall–Kier alpha value is -2.13. The highest BCUT2D eigenvalue weighted by atomic mass is 127. The molecule has 0 bridgehead atoms. The van der Waals surface area contributed by atoms with Crippen molar-refractivity contribution >= 4 is 50.6 Å². The number of hydrogen-bond donors (Lipinski definition) is 1. The lowest BCUT2D eigenvalue weighted by Crippen LogP contribution is -2.18. The van der Waals surface area contributed by atoms with Crippen LogP contribution in [0.2, 0.25) is 0 Å². The second kappa shape index (κ2) is 8.50. The van der Waals surface area contributed by atoms with Gasteiger partial charge in [0.05, 0.1) is 22.6 Å². The summed E-state index contributed by atoms with van der Waals surface area (Å²) in [4.78, 5) is 12.3. The van der Waals surface area contributed by atoms with Crippen molar-refractivity contribution < 1.29 is 9.53 Å². The van der Waals surface area contributed by atoms with Gasteiger partial charge in [0.1, 0.15) is 5.75 Å². The van der Waals surface area contributed by atoms with Gasteiger partial charge in [-0.1, -0.05) is 15.9 Å². The highest BCUT2D eigenvalue weighted by Gasteiger charge is 2.08. The van der Waals surface area contributed by atoms with E-state index in [2.05, 4.69) is 49.0 Å². The van der Waals surface area contributed by atoms with E-state index in [9.17, 15) is 4.79 Å². The molecule has 0 saturated carbocycles. The fourth-order valence-electron chi connectivity index (χ4n) is 2.36. The molecule has 2 aromatic carbocycles. The summed E-state index contributed by atoms with van der Waals surface area (Å²) in [7, 11) is 1.58. The van der Waals surface area contributed by atoms with Crippen molar-refractivity contribution in [1.29, 1.82) is 0 Å². The van der Waals surface area contributed by atoms with E-state index < -0.39 is 0 Å². The molecule has 0 unspecified atom stereocenters. The SMILES string of the molecule is COc1cc(C(=O)NN=Cc2cccn2-c2ccc(Br)cc2)ccc1I. The summed E-state index contributed by atoms with van der Waals surface area (Å²) in [6, 6.07) is 17.1. The third-order valence-corrected chi connectivity index (χ3v) is 5.08. The Bertz CT molecular complexity index is 952. The molecule has 0 saturated heterocycles. The third-order valence-electron chi connectivity index (χ3n) is 3.66. The first-order chi connectivity index (χ1) is 12.6. The first-order valence-electron chi connectivity index (χ1n) is 7.69. The number of benzene rings is 2. The van der Waals surface area contributed by atoms with E-state index in [1.807, 2.05) is 53.2 Å². The number of carbonyl (C=O) groups is 1. The van der Waals surface area contributed by atoms with Gasteiger partial charge >= 0.3 is 0 Å². The number of amides is 1. The van der Waals surface area contributed by atoms with Crippen molar-refractivity contribution in [2.75, 3.05) is 7.11 Å². The zero-order valence-corrected chi connectivity index (χ0v) is 17.6. The lowest BCUT2D eigenvalue weighted by molar-refractivity contribution is 0.0954. The minimum absolute atomic E-state index is 0.294. The molecule has 0 atom stereocenters. The van der Waals surface area contributed by atoms with Crippen molar-refractivity contribution in [3.05, 3.63) is 80.1 Å². The average molecular weight is 524 g/mol. The summed E-state index contributed by atoms with van der Waals surface area (Å²) in [5.74, 6) is 0.365. The summed E-state index contributed by atoms with van der Waals surface area (Å²) in [5, 5.41) is 4.07. The highest BCUT2D eigenvalue weighted by molar-refractivity contribution is 14.1. The van der Waals surface area contributed by atoms with E-state index in [0.717, 1.165) is 19.4 Å². The van der Waals surface area contributed by atoms with E-state index in [0.29, 0.717) is 11.3 Å². The predicted molar refractivity (Wildman–Crippen MR) is 114 cm³/mol. The Morgan fingerprint density at radius 2 is 2.00 bits per heavy atom. The Balaban J connectivity index is 1.72. The standard InChI is InChI=1S/C19H15BrIN3O2/c1-26-18-11-13(4-9-17(18)21)19(25)23-22-12-16-3-2-10-24(16)15-7-5-14(20)6-8-15/h2-12H,1H3,(H,23,25). The number of hydrogen-bond acceptors (Lipinski definition) is 3. The molecule has 1 amide bonds. The summed E-state index contributed by atoms with van der Waals surface area (Å²) >= 11 is 5.58. The quantitative estimate of drug-likeness (QED) is 0.301. The highest BCUT2D eigenvalue weighted by Crippen LogP contribution is 2.21. The maximum Gasteiger partial charge on any atom is 0.271 e. The zero-order chi connectivity index (χ0) is 18.5. The molecule has 7 heteroatoms. The van der Waals surface area contributed by atoms with Crippen molar-refractivity contribution in [3.63, 3.8) is 0 Å². The zero-order valence-electron chi connectivity index (χ0n) is 13.8. The second-order valence-corrected chi connectivity index (χ2v) is 7.41. The van der Waals surface area contributed by atoms with Gasteiger partial charge in [0, 0.05) is 21.9 Å². The molecular weight excluding hydrogens is 509 g/mol. The van der Waals surface area contributed by atoms with Crippen LogP contribution < -0.4 is 10.2 Å². The Labute approximate surface area is 173 Å². The van der Waals surface area contributed by atoms with Crippen LogP contribution >= 0.6 is 38.5 Å². The molecule has 0 aliphatic heterocycles. The van der Waals surface area contributed by atoms with Gasteiger partial charge in [-0.15, -0.1) is 0 Å². The Morgan fingerprint density at radius 1 is 1.23 bits per heavy atom. The van der Waals surface area contributed by atoms with Crippen LogP contribution in [0.3, 0.4) is 0 Å². The molecule has 0 aliphatic carbocycles. The van der Waals surface area contributed by atoms with E-state index in [1.54, 1.807) is 25.5 Å². The topological polar surface area (TPSA) is 55.6 Å². The largest absolute Gasteiger partial charge is 0.496 e. The number of hydrazone groups is 1. The number of rotatable bonds is 5. The number of halogens is 2. The van der Waals surface area contributed by atoms with E-state index in [1.165, 1.54) is 0 Å². The molecule has 0 spiro atoms. The van der Waals surface area contributed by atoms with Crippen molar-refractivity contribution in [2.45, 2.75) is 0 Å². The smallest absolute Gasteiger partial charge is 0.271 e. The fraction of sp³-hybridized carbons (Fsp3) is 0.0526. The van der Waals surface area contributed by atoms with E-state index in [4.69, 9.17) is 4.74 Å². The number of methoxy groups -OCH3 is 1. The molecule has 132 valence electrons. The molecular formula is C19H15BrIN3O2. The van der Waals surface area contributed by atoms with E-state index in [-0.39, 0.29) is 5.91 Å². The molecule has 0 radical (unpaired) electrons. The number of carbonyl (C=O) groups excluding carboxylic acids is 1. The summed E-state index contributed by atoms with van der Waals surface area (Å²) in [5.41, 5.74) is 4.90. The summed E-state index contributed by atoms with van der Waals surface area (Å²) in [6.07, 6.45) is 3.56. The van der Waals surface area contributed by atoms with Gasteiger partial charge in [-0.05, 0) is 77.2 Å². The van der Waals surface area contributed by atoms with Crippen molar-refractivity contribution in [3.8, 4) is 11.4 Å². The maximum atomic E-state index is 12.3. The maximum absolute atomic E-state index is 12.3. The number of nitrogens with one attached hydrogen (secondary N) is 1. The second-order valence-electron chi connectivity index (χ2n) is 5.33. The monoisotopic (exact) mass is 523 g/mol. The van der Waals surface area contributed by atoms with Crippen LogP contribution in [0.1, 0.15) is 16.1 Å². The van der Waals surface area contributed by atoms with Crippen LogP contribution in [0.5, 0.6) is 5.75 Å². The van der Waals surface area contributed by atoms with E-state index >= 15 is 0 Å². The van der Waals surface area contributed by atoms with Gasteiger partial charge in [-0.3, -0.25) is 4.79 Å². The summed E-state index contributed by atoms with van der Waals surface area (Å²) < 4.78 is 9.18. The first kappa shape index (κ1) is 18.7. The third kappa shape index (κ3) is 4.34. The van der Waals surface area contributed by atoms with Gasteiger partial charge < -0.3 is 9.30 Å². The average Bonchev–Trinajstić information content (AvgIpc) is 3.11. The normalized spacial score (nSPS) is 10.9. The fourth-order valence-corrected chi connectivity index (χ4v) is 3.18. The van der Waals surface area contributed by atoms with Crippen LogP contribution in [0.4, 0.5) is 0 Å². The molecule has 3 rings (SSSR count). The first-order valence-corrected chi connectivity index (χ1v) is 9.56. The van der Waals surface area contributed by atoms with Gasteiger partial charge in [0.25, 0.3) is 5.91 Å². The lowest BCUT2D eigenvalue weighted by atomic mass is 10.2. The van der Waals surface area contributed by atoms with Crippen LogP contribution in [0, 0.1) is 3.57 Å². The molecule has 0 fully saturated rings.